The van der Waals surface area contributed by atoms with E-state index in [0.717, 1.165) is 0 Å². The molecule has 0 spiro atoms. The lowest BCUT2D eigenvalue weighted by Gasteiger charge is -2.10. The second kappa shape index (κ2) is 8.82. The number of nitrogens with one attached hydrogen (secondary N) is 2. The Morgan fingerprint density at radius 3 is 2.31 bits per heavy atom. The van der Waals surface area contributed by atoms with E-state index < -0.39 is 18.5 Å². The zero-order valence-corrected chi connectivity index (χ0v) is 17.5. The van der Waals surface area contributed by atoms with Gasteiger partial charge < -0.3 is 24.5 Å². The van der Waals surface area contributed by atoms with Gasteiger partial charge in [-0.3, -0.25) is 4.79 Å². The third-order valence-electron chi connectivity index (χ3n) is 3.95. The first kappa shape index (κ1) is 21.1. The van der Waals surface area contributed by atoms with Gasteiger partial charge in [0.05, 0.1) is 35.5 Å². The highest BCUT2D eigenvalue weighted by Gasteiger charge is 2.17. The van der Waals surface area contributed by atoms with E-state index in [1.165, 1.54) is 26.4 Å². The lowest BCUT2D eigenvalue weighted by atomic mass is 10.2. The molecule has 3 rings (SSSR count). The minimum atomic E-state index is -0.717. The predicted molar refractivity (Wildman–Crippen MR) is 112 cm³/mol. The number of benzene rings is 2. The van der Waals surface area contributed by atoms with Crippen molar-refractivity contribution in [3.05, 3.63) is 51.1 Å². The molecule has 1 heterocycles. The van der Waals surface area contributed by atoms with E-state index in [4.69, 9.17) is 49.0 Å². The first-order valence-corrected chi connectivity index (χ1v) is 9.32. The van der Waals surface area contributed by atoms with Crippen LogP contribution in [0.3, 0.4) is 0 Å². The number of hydrogen-bond donors (Lipinski definition) is 2. The van der Waals surface area contributed by atoms with Crippen LogP contribution in [0.1, 0.15) is 10.5 Å². The van der Waals surface area contributed by atoms with Crippen molar-refractivity contribution >= 4 is 63.3 Å². The van der Waals surface area contributed by atoms with Gasteiger partial charge in [0.1, 0.15) is 17.2 Å². The number of hydrogen-bond acceptors (Lipinski definition) is 5. The van der Waals surface area contributed by atoms with Gasteiger partial charge in [0.25, 0.3) is 5.91 Å². The summed E-state index contributed by atoms with van der Waals surface area (Å²) in [7, 11) is 3.03. The lowest BCUT2D eigenvalue weighted by Crippen LogP contribution is -2.21. The summed E-state index contributed by atoms with van der Waals surface area (Å²) in [6.07, 6.45) is 0. The summed E-state index contributed by atoms with van der Waals surface area (Å²) in [5.41, 5.74) is 0.938. The van der Waals surface area contributed by atoms with E-state index in [1.807, 2.05) is 0 Å². The monoisotopic (exact) mass is 456 g/mol. The molecule has 0 unspecified atom stereocenters. The highest BCUT2D eigenvalue weighted by atomic mass is 35.5. The summed E-state index contributed by atoms with van der Waals surface area (Å²) in [5.74, 6) is -0.252. The fourth-order valence-electron chi connectivity index (χ4n) is 2.62. The number of rotatable bonds is 6. The summed E-state index contributed by atoms with van der Waals surface area (Å²) >= 11 is 17.9. The molecule has 0 aliphatic carbocycles. The standard InChI is InChI=1S/C19H15Cl3N2O5/c1-27-11-3-9-4-14(23-17(9)15(7-11)28-2)19(26)29-8-16(25)24-18-12(21)5-10(20)6-13(18)22/h3-7,23H,8H2,1-2H3,(H,24,25). The van der Waals surface area contributed by atoms with Crippen molar-refractivity contribution in [3.63, 3.8) is 0 Å². The van der Waals surface area contributed by atoms with Gasteiger partial charge >= 0.3 is 5.97 Å². The molecular weight excluding hydrogens is 443 g/mol. The lowest BCUT2D eigenvalue weighted by molar-refractivity contribution is -0.119. The Balaban J connectivity index is 1.70. The number of methoxy groups -OCH3 is 2. The van der Waals surface area contributed by atoms with Crippen LogP contribution in [-0.2, 0) is 9.53 Å². The largest absolute Gasteiger partial charge is 0.497 e. The van der Waals surface area contributed by atoms with Crippen LogP contribution >= 0.6 is 34.8 Å². The molecule has 1 amide bonds. The van der Waals surface area contributed by atoms with Crippen LogP contribution in [0.25, 0.3) is 10.9 Å². The highest BCUT2D eigenvalue weighted by Crippen LogP contribution is 2.34. The van der Waals surface area contributed by atoms with Crippen molar-refractivity contribution in [1.82, 2.24) is 4.98 Å². The molecule has 10 heteroatoms. The van der Waals surface area contributed by atoms with Crippen LogP contribution in [0.5, 0.6) is 11.5 Å². The number of halogens is 3. The van der Waals surface area contributed by atoms with Crippen LogP contribution in [0.15, 0.2) is 30.3 Å². The smallest absolute Gasteiger partial charge is 0.355 e. The van der Waals surface area contributed by atoms with E-state index in [0.29, 0.717) is 27.4 Å². The normalized spacial score (nSPS) is 10.7. The Hall–Kier alpha value is -2.61. The molecule has 2 aromatic carbocycles. The Morgan fingerprint density at radius 2 is 1.69 bits per heavy atom. The van der Waals surface area contributed by atoms with Gasteiger partial charge in [-0.2, -0.15) is 0 Å². The average Bonchev–Trinajstić information content (AvgIpc) is 3.12. The fourth-order valence-corrected chi connectivity index (χ4v) is 3.53. The second-order valence-electron chi connectivity index (χ2n) is 5.85. The van der Waals surface area contributed by atoms with Crippen molar-refractivity contribution < 1.29 is 23.8 Å². The number of carbonyl (C=O) groups is 2. The van der Waals surface area contributed by atoms with Gasteiger partial charge in [0, 0.05) is 16.5 Å². The van der Waals surface area contributed by atoms with E-state index >= 15 is 0 Å². The van der Waals surface area contributed by atoms with Gasteiger partial charge in [-0.25, -0.2) is 4.79 Å². The van der Waals surface area contributed by atoms with Gasteiger partial charge in [-0.05, 0) is 24.3 Å². The maximum Gasteiger partial charge on any atom is 0.355 e. The van der Waals surface area contributed by atoms with Crippen molar-refractivity contribution in [2.75, 3.05) is 26.1 Å². The summed E-state index contributed by atoms with van der Waals surface area (Å²) in [6.45, 7) is -0.538. The second-order valence-corrected chi connectivity index (χ2v) is 7.10. The van der Waals surface area contributed by atoms with Crippen LogP contribution in [-0.4, -0.2) is 37.7 Å². The summed E-state index contributed by atoms with van der Waals surface area (Å²) in [6, 6.07) is 7.86. The molecule has 29 heavy (non-hydrogen) atoms. The SMILES string of the molecule is COc1cc(OC)c2[nH]c(C(=O)OCC(=O)Nc3c(Cl)cc(Cl)cc3Cl)cc2c1. The van der Waals surface area contributed by atoms with Crippen LogP contribution in [0.4, 0.5) is 5.69 Å². The molecule has 0 fully saturated rings. The topological polar surface area (TPSA) is 89.7 Å². The summed E-state index contributed by atoms with van der Waals surface area (Å²) in [4.78, 5) is 27.4. The third-order valence-corrected chi connectivity index (χ3v) is 4.76. The van der Waals surface area contributed by atoms with Gasteiger partial charge in [-0.15, -0.1) is 0 Å². The van der Waals surface area contributed by atoms with Crippen molar-refractivity contribution in [3.8, 4) is 11.5 Å². The maximum atomic E-state index is 12.3. The zero-order chi connectivity index (χ0) is 21.1. The van der Waals surface area contributed by atoms with Crippen LogP contribution < -0.4 is 14.8 Å². The molecule has 2 N–H and O–H groups in total. The number of carbonyl (C=O) groups excluding carboxylic acids is 2. The summed E-state index contributed by atoms with van der Waals surface area (Å²) in [5, 5.41) is 3.84. The molecule has 0 saturated heterocycles. The molecular formula is C19H15Cl3N2O5. The molecule has 0 bridgehead atoms. The Labute approximate surface area is 180 Å². The highest BCUT2D eigenvalue weighted by molar-refractivity contribution is 6.42. The molecule has 152 valence electrons. The van der Waals surface area contributed by atoms with Gasteiger partial charge in [0.15, 0.2) is 6.61 Å². The molecule has 7 nitrogen and oxygen atoms in total. The van der Waals surface area contributed by atoms with Gasteiger partial charge in [-0.1, -0.05) is 34.8 Å². The average molecular weight is 458 g/mol. The summed E-state index contributed by atoms with van der Waals surface area (Å²) < 4.78 is 15.6. The fraction of sp³-hybridized carbons (Fsp3) is 0.158. The van der Waals surface area contributed by atoms with E-state index in [2.05, 4.69) is 10.3 Å². The van der Waals surface area contributed by atoms with E-state index in [1.54, 1.807) is 18.2 Å². The molecule has 0 aliphatic rings. The number of anilines is 1. The van der Waals surface area contributed by atoms with E-state index in [-0.39, 0.29) is 21.4 Å². The van der Waals surface area contributed by atoms with Crippen molar-refractivity contribution in [2.24, 2.45) is 0 Å². The third kappa shape index (κ3) is 4.70. The number of esters is 1. The first-order chi connectivity index (χ1) is 13.8. The maximum absolute atomic E-state index is 12.3. The van der Waals surface area contributed by atoms with Crippen molar-refractivity contribution in [2.45, 2.75) is 0 Å². The number of fused-ring (bicyclic) bond motifs is 1. The van der Waals surface area contributed by atoms with E-state index in [9.17, 15) is 9.59 Å². The van der Waals surface area contributed by atoms with Crippen LogP contribution in [0, 0.1) is 0 Å². The predicted octanol–water partition coefficient (Wildman–Crippen LogP) is 4.94. The Bertz CT molecular complexity index is 1070. The van der Waals surface area contributed by atoms with Crippen LogP contribution in [0.2, 0.25) is 15.1 Å². The molecule has 3 aromatic rings. The van der Waals surface area contributed by atoms with Crippen molar-refractivity contribution in [1.29, 1.82) is 0 Å². The van der Waals surface area contributed by atoms with Gasteiger partial charge in [0.2, 0.25) is 0 Å². The number of ether oxygens (including phenoxy) is 3. The quantitative estimate of drug-likeness (QED) is 0.512. The number of aromatic amines is 1. The molecule has 1 aromatic heterocycles. The molecule has 0 radical (unpaired) electrons. The molecule has 0 aliphatic heterocycles. The number of aromatic nitrogens is 1. The number of H-pyrrole nitrogens is 1. The first-order valence-electron chi connectivity index (χ1n) is 8.18. The molecule has 0 saturated carbocycles. The number of amides is 1. The molecule has 0 atom stereocenters. The zero-order valence-electron chi connectivity index (χ0n) is 15.3. The minimum absolute atomic E-state index is 0.155. The minimum Gasteiger partial charge on any atom is -0.497 e. The Morgan fingerprint density at radius 1 is 1.00 bits per heavy atom. The Kier molecular flexibility index (Phi) is 6.42.